The van der Waals surface area contributed by atoms with Crippen LogP contribution in [0.1, 0.15) is 52.4 Å². The molecule has 5 heteroatoms. The largest absolute Gasteiger partial charge is 0.396 e. The fourth-order valence-corrected chi connectivity index (χ4v) is 1.04. The first-order chi connectivity index (χ1) is 8.10. The Kier molecular flexibility index (Phi) is 23.0. The first kappa shape index (κ1) is 23.6. The summed E-state index contributed by atoms with van der Waals surface area (Å²) in [4.78, 5) is 0. The van der Waals surface area contributed by atoms with Crippen LogP contribution in [0.25, 0.3) is 0 Å². The molecule has 0 aromatic heterocycles. The van der Waals surface area contributed by atoms with Gasteiger partial charge in [0.25, 0.3) is 0 Å². The molecule has 0 bridgehead atoms. The normalized spacial score (nSPS) is 10.3. The molecule has 0 aromatic rings. The molecule has 110 valence electrons. The molecule has 0 fully saturated rings. The van der Waals surface area contributed by atoms with E-state index in [1.165, 1.54) is 32.1 Å². The molecule has 0 aliphatic carbocycles. The van der Waals surface area contributed by atoms with E-state index >= 15 is 0 Å². The topological polar surface area (TPSA) is 80.9 Å². The van der Waals surface area contributed by atoms with Crippen molar-refractivity contribution in [2.75, 3.05) is 26.4 Å². The van der Waals surface area contributed by atoms with Crippen molar-refractivity contribution < 1.29 is 42.1 Å². The summed E-state index contributed by atoms with van der Waals surface area (Å²) in [5.74, 6) is 0. The van der Waals surface area contributed by atoms with E-state index in [2.05, 4.69) is 6.92 Å². The molecule has 0 saturated carbocycles. The summed E-state index contributed by atoms with van der Waals surface area (Å²) >= 11 is 0. The Labute approximate surface area is 126 Å². The van der Waals surface area contributed by atoms with Crippen molar-refractivity contribution >= 4 is 0 Å². The first-order valence-electron chi connectivity index (χ1n) is 6.53. The van der Waals surface area contributed by atoms with Gasteiger partial charge in [0.15, 0.2) is 0 Å². The van der Waals surface area contributed by atoms with E-state index in [1.54, 1.807) is 6.92 Å². The SMILES string of the molecule is CC(CO)(CO)CO.CCCCCCCCO.[Ti]. The standard InChI is InChI=1S/C8H18O.C5H12O3.Ti/c1-2-3-4-5-6-7-8-9;1-5(2-6,3-7)4-8;/h9H,2-8H2,1H3;6-8H,2-4H2,1H3;. The van der Waals surface area contributed by atoms with Crippen LogP contribution in [0, 0.1) is 5.41 Å². The second-order valence-electron chi connectivity index (χ2n) is 4.78. The quantitative estimate of drug-likeness (QED) is 0.382. The maximum atomic E-state index is 8.47. The van der Waals surface area contributed by atoms with Gasteiger partial charge in [-0.1, -0.05) is 46.0 Å². The Morgan fingerprint density at radius 2 is 1.11 bits per heavy atom. The molecule has 0 aliphatic rings. The monoisotopic (exact) mass is 298 g/mol. The zero-order valence-electron chi connectivity index (χ0n) is 11.9. The van der Waals surface area contributed by atoms with Gasteiger partial charge in [0, 0.05) is 33.7 Å². The van der Waals surface area contributed by atoms with Gasteiger partial charge in [-0.2, -0.15) is 0 Å². The minimum Gasteiger partial charge on any atom is -0.396 e. The Morgan fingerprint density at radius 3 is 1.39 bits per heavy atom. The van der Waals surface area contributed by atoms with Gasteiger partial charge in [0.1, 0.15) is 0 Å². The average Bonchev–Trinajstić information content (AvgIpc) is 2.38. The summed E-state index contributed by atoms with van der Waals surface area (Å²) in [6, 6.07) is 0. The summed E-state index contributed by atoms with van der Waals surface area (Å²) in [5, 5.41) is 33.8. The second kappa shape index (κ2) is 17.6. The van der Waals surface area contributed by atoms with Crippen molar-refractivity contribution in [3.8, 4) is 0 Å². The minimum absolute atomic E-state index is 0. The van der Waals surface area contributed by atoms with Crippen LogP contribution in [0.5, 0.6) is 0 Å². The third kappa shape index (κ3) is 16.6. The minimum atomic E-state index is -0.708. The van der Waals surface area contributed by atoms with Crippen LogP contribution in [0.3, 0.4) is 0 Å². The van der Waals surface area contributed by atoms with E-state index in [-0.39, 0.29) is 41.5 Å². The van der Waals surface area contributed by atoms with Crippen LogP contribution in [0.2, 0.25) is 0 Å². The Morgan fingerprint density at radius 1 is 0.722 bits per heavy atom. The van der Waals surface area contributed by atoms with Gasteiger partial charge in [-0.3, -0.25) is 0 Å². The number of hydrogen-bond acceptors (Lipinski definition) is 4. The zero-order chi connectivity index (χ0) is 13.6. The van der Waals surface area contributed by atoms with Gasteiger partial charge in [-0.15, -0.1) is 0 Å². The van der Waals surface area contributed by atoms with Gasteiger partial charge in [-0.05, 0) is 6.42 Å². The Hall–Kier alpha value is 0.554. The van der Waals surface area contributed by atoms with Crippen LogP contribution < -0.4 is 0 Å². The summed E-state index contributed by atoms with van der Waals surface area (Å²) in [7, 11) is 0. The molecule has 0 aromatic carbocycles. The number of aliphatic hydroxyl groups excluding tert-OH is 4. The average molecular weight is 298 g/mol. The fraction of sp³-hybridized carbons (Fsp3) is 1.00. The molecule has 0 spiro atoms. The first-order valence-corrected chi connectivity index (χ1v) is 6.53. The molecule has 0 heterocycles. The summed E-state index contributed by atoms with van der Waals surface area (Å²) < 4.78 is 0. The van der Waals surface area contributed by atoms with Crippen LogP contribution in [-0.2, 0) is 21.7 Å². The van der Waals surface area contributed by atoms with Crippen molar-refractivity contribution in [2.45, 2.75) is 52.4 Å². The number of unbranched alkanes of at least 4 members (excludes halogenated alkanes) is 5. The maximum Gasteiger partial charge on any atom is 0.0528 e. The summed E-state index contributed by atoms with van der Waals surface area (Å²) in [6.45, 7) is 3.64. The van der Waals surface area contributed by atoms with Crippen molar-refractivity contribution in [1.29, 1.82) is 0 Å². The molecule has 0 amide bonds. The van der Waals surface area contributed by atoms with Gasteiger partial charge >= 0.3 is 0 Å². The van der Waals surface area contributed by atoms with Gasteiger partial charge < -0.3 is 20.4 Å². The molecular formula is C13H30O4Ti. The zero-order valence-corrected chi connectivity index (χ0v) is 13.4. The van der Waals surface area contributed by atoms with Crippen LogP contribution in [0.15, 0.2) is 0 Å². The number of hydrogen-bond donors (Lipinski definition) is 4. The molecule has 4 N–H and O–H groups in total. The van der Waals surface area contributed by atoms with Gasteiger partial charge in [-0.25, -0.2) is 0 Å². The number of rotatable bonds is 9. The second-order valence-corrected chi connectivity index (χ2v) is 4.78. The van der Waals surface area contributed by atoms with Crippen LogP contribution >= 0.6 is 0 Å². The predicted molar refractivity (Wildman–Crippen MR) is 69.8 cm³/mol. The maximum absolute atomic E-state index is 8.47. The number of aliphatic hydroxyl groups is 4. The van der Waals surface area contributed by atoms with Gasteiger partial charge in [0.05, 0.1) is 19.8 Å². The van der Waals surface area contributed by atoms with Crippen molar-refractivity contribution in [3.05, 3.63) is 0 Å². The molecule has 0 aliphatic heterocycles. The molecule has 18 heavy (non-hydrogen) atoms. The molecule has 0 radical (unpaired) electrons. The molecule has 0 atom stereocenters. The van der Waals surface area contributed by atoms with E-state index in [0.717, 1.165) is 6.42 Å². The molecule has 0 saturated heterocycles. The smallest absolute Gasteiger partial charge is 0.0528 e. The fourth-order valence-electron chi connectivity index (χ4n) is 1.04. The van der Waals surface area contributed by atoms with E-state index in [0.29, 0.717) is 6.61 Å². The van der Waals surface area contributed by atoms with Crippen molar-refractivity contribution in [1.82, 2.24) is 0 Å². The molecular weight excluding hydrogens is 268 g/mol. The van der Waals surface area contributed by atoms with Crippen molar-refractivity contribution in [3.63, 3.8) is 0 Å². The van der Waals surface area contributed by atoms with E-state index in [9.17, 15) is 0 Å². The molecule has 0 rings (SSSR count). The predicted octanol–water partition coefficient (Wildman–Crippen LogP) is 1.31. The Balaban J connectivity index is -0.000000238. The summed E-state index contributed by atoms with van der Waals surface area (Å²) in [5.41, 5.74) is -0.708. The van der Waals surface area contributed by atoms with E-state index < -0.39 is 5.41 Å². The van der Waals surface area contributed by atoms with E-state index in [4.69, 9.17) is 20.4 Å². The van der Waals surface area contributed by atoms with Crippen LogP contribution in [0.4, 0.5) is 0 Å². The third-order valence-corrected chi connectivity index (χ3v) is 2.66. The molecule has 4 nitrogen and oxygen atoms in total. The van der Waals surface area contributed by atoms with Crippen LogP contribution in [-0.4, -0.2) is 46.9 Å². The molecule has 0 unspecified atom stereocenters. The summed E-state index contributed by atoms with van der Waals surface area (Å²) in [6.07, 6.45) is 7.50. The third-order valence-electron chi connectivity index (χ3n) is 2.66. The van der Waals surface area contributed by atoms with Gasteiger partial charge in [0.2, 0.25) is 0 Å². The Bertz CT molecular complexity index is 127. The van der Waals surface area contributed by atoms with E-state index in [1.807, 2.05) is 0 Å². The van der Waals surface area contributed by atoms with Crippen molar-refractivity contribution in [2.24, 2.45) is 5.41 Å².